The number of thiol groups is 1. The third kappa shape index (κ3) is 5.94. The van der Waals surface area contributed by atoms with E-state index in [0.29, 0.717) is 43.4 Å². The van der Waals surface area contributed by atoms with E-state index in [4.69, 9.17) is 4.74 Å². The van der Waals surface area contributed by atoms with Crippen molar-refractivity contribution in [3.63, 3.8) is 0 Å². The van der Waals surface area contributed by atoms with E-state index in [-0.39, 0.29) is 35.7 Å². The van der Waals surface area contributed by atoms with E-state index < -0.39 is 21.8 Å². The van der Waals surface area contributed by atoms with Crippen molar-refractivity contribution in [1.29, 1.82) is 0 Å². The Morgan fingerprint density at radius 3 is 2.35 bits per heavy atom. The predicted molar refractivity (Wildman–Crippen MR) is 138 cm³/mol. The van der Waals surface area contributed by atoms with Crippen LogP contribution in [-0.4, -0.2) is 86.9 Å². The molecule has 2 saturated heterocycles. The molecule has 7 nitrogen and oxygen atoms in total. The van der Waals surface area contributed by atoms with Crippen LogP contribution in [-0.2, 0) is 20.4 Å². The Bertz CT molecular complexity index is 1190. The topological polar surface area (TPSA) is 73.3 Å². The summed E-state index contributed by atoms with van der Waals surface area (Å²) in [5.74, 6) is 0. The number of sulfonamides is 1. The molecule has 1 N–H and O–H groups in total. The van der Waals surface area contributed by atoms with Crippen molar-refractivity contribution in [2.24, 2.45) is 0 Å². The molecule has 0 saturated carbocycles. The van der Waals surface area contributed by atoms with Gasteiger partial charge in [0.25, 0.3) is 0 Å². The zero-order valence-electron chi connectivity index (χ0n) is 20.7. The zero-order valence-corrected chi connectivity index (χ0v) is 22.4. The zero-order chi connectivity index (χ0) is 27.0. The van der Waals surface area contributed by atoms with E-state index >= 15 is 0 Å². The van der Waals surface area contributed by atoms with Gasteiger partial charge in [-0.05, 0) is 43.7 Å². The van der Waals surface area contributed by atoms with Crippen LogP contribution in [0.25, 0.3) is 0 Å². The summed E-state index contributed by atoms with van der Waals surface area (Å²) >= 11 is 4.34. The van der Waals surface area contributed by atoms with E-state index in [1.807, 2.05) is 11.8 Å². The number of anilines is 1. The maximum atomic E-state index is 13.5. The number of morpholine rings is 1. The van der Waals surface area contributed by atoms with Crippen LogP contribution < -0.4 is 4.90 Å². The molecule has 0 unspecified atom stereocenters. The van der Waals surface area contributed by atoms with Crippen LogP contribution in [0.4, 0.5) is 18.9 Å². The quantitative estimate of drug-likeness (QED) is 0.529. The molecular formula is C25H32F3N3O4S2. The summed E-state index contributed by atoms with van der Waals surface area (Å²) < 4.78 is 74.0. The number of benzene rings is 2. The fourth-order valence-corrected chi connectivity index (χ4v) is 6.91. The van der Waals surface area contributed by atoms with Crippen LogP contribution in [0.5, 0.6) is 0 Å². The highest BCUT2D eigenvalue weighted by atomic mass is 32.2. The van der Waals surface area contributed by atoms with Gasteiger partial charge >= 0.3 is 6.18 Å². The van der Waals surface area contributed by atoms with Crippen LogP contribution in [0.3, 0.4) is 0 Å². The third-order valence-electron chi connectivity index (χ3n) is 7.04. The third-order valence-corrected chi connectivity index (χ3v) is 9.50. The van der Waals surface area contributed by atoms with Crippen molar-refractivity contribution >= 4 is 28.3 Å². The first-order valence-corrected chi connectivity index (χ1v) is 14.0. The number of aliphatic hydroxyl groups is 1. The standard InChI is InChI=1S/C25H32F3N3O4S2/c1-18-15-29(13-14-35-18)16-21-17-30(37(33,34)23-6-4-3-5-22(23)36)11-12-31(21)20-9-7-19(8-10-20)24(2,32)25(26,27)28/h3-10,18,21,32,36H,11-17H2,1-2H3/t18-,21+,24-/m0/s1. The normalized spacial score (nSPS) is 24.1. The van der Waals surface area contributed by atoms with Gasteiger partial charge in [0.05, 0.1) is 23.6 Å². The summed E-state index contributed by atoms with van der Waals surface area (Å²) in [4.78, 5) is 4.77. The maximum Gasteiger partial charge on any atom is 0.421 e. The molecule has 2 aromatic rings. The smallest absolute Gasteiger partial charge is 0.376 e. The van der Waals surface area contributed by atoms with Crippen molar-refractivity contribution in [2.45, 2.75) is 47.6 Å². The highest BCUT2D eigenvalue weighted by Gasteiger charge is 2.51. The Morgan fingerprint density at radius 1 is 1.05 bits per heavy atom. The number of alkyl halides is 3. The maximum absolute atomic E-state index is 13.5. The van der Waals surface area contributed by atoms with Crippen molar-refractivity contribution in [3.05, 3.63) is 54.1 Å². The summed E-state index contributed by atoms with van der Waals surface area (Å²) in [6.45, 7) is 6.02. The monoisotopic (exact) mass is 559 g/mol. The van der Waals surface area contributed by atoms with Crippen LogP contribution in [0.1, 0.15) is 19.4 Å². The molecule has 0 aromatic heterocycles. The van der Waals surface area contributed by atoms with Crippen molar-refractivity contribution in [3.8, 4) is 0 Å². The fourth-order valence-electron chi connectivity index (χ4n) is 4.85. The number of ether oxygens (including phenoxy) is 1. The molecular weight excluding hydrogens is 527 g/mol. The summed E-state index contributed by atoms with van der Waals surface area (Å²) in [5.41, 5.74) is -2.56. The van der Waals surface area contributed by atoms with Crippen molar-refractivity contribution in [2.75, 3.05) is 50.8 Å². The largest absolute Gasteiger partial charge is 0.421 e. The molecule has 2 heterocycles. The van der Waals surface area contributed by atoms with E-state index in [1.54, 1.807) is 30.3 Å². The van der Waals surface area contributed by atoms with Gasteiger partial charge in [0.15, 0.2) is 5.60 Å². The number of nitrogens with zero attached hydrogens (tertiary/aromatic N) is 3. The number of hydrogen-bond donors (Lipinski definition) is 2. The minimum atomic E-state index is -4.81. The van der Waals surface area contributed by atoms with Gasteiger partial charge in [-0.25, -0.2) is 8.42 Å². The van der Waals surface area contributed by atoms with Crippen molar-refractivity contribution in [1.82, 2.24) is 9.21 Å². The van der Waals surface area contributed by atoms with E-state index in [1.165, 1.54) is 22.5 Å². The highest BCUT2D eigenvalue weighted by Crippen LogP contribution is 2.39. The minimum absolute atomic E-state index is 0.0468. The molecule has 204 valence electrons. The van der Waals surface area contributed by atoms with Gasteiger partial charge < -0.3 is 14.7 Å². The molecule has 0 spiro atoms. The fraction of sp³-hybridized carbons (Fsp3) is 0.520. The second-order valence-corrected chi connectivity index (χ2v) is 12.1. The van der Waals surface area contributed by atoms with Gasteiger partial charge in [-0.3, -0.25) is 4.90 Å². The van der Waals surface area contributed by atoms with Gasteiger partial charge in [0.1, 0.15) is 0 Å². The van der Waals surface area contributed by atoms with Gasteiger partial charge in [-0.2, -0.15) is 17.5 Å². The molecule has 37 heavy (non-hydrogen) atoms. The summed E-state index contributed by atoms with van der Waals surface area (Å²) in [7, 11) is -3.80. The SMILES string of the molecule is C[C@H]1CN(C[C@@H]2CN(S(=O)(=O)c3ccccc3S)CCN2c2ccc([C@](C)(O)C(F)(F)F)cc2)CCO1. The van der Waals surface area contributed by atoms with E-state index in [0.717, 1.165) is 6.92 Å². The number of hydrogen-bond acceptors (Lipinski definition) is 7. The molecule has 2 fully saturated rings. The Morgan fingerprint density at radius 2 is 1.73 bits per heavy atom. The first-order valence-electron chi connectivity index (χ1n) is 12.1. The van der Waals surface area contributed by atoms with Gasteiger partial charge in [0.2, 0.25) is 10.0 Å². The molecule has 0 bridgehead atoms. The van der Waals surface area contributed by atoms with Crippen molar-refractivity contribution < 1.29 is 31.4 Å². The van der Waals surface area contributed by atoms with Crippen LogP contribution in [0.2, 0.25) is 0 Å². The number of rotatable bonds is 6. The van der Waals surface area contributed by atoms with Crippen LogP contribution in [0, 0.1) is 0 Å². The van der Waals surface area contributed by atoms with E-state index in [2.05, 4.69) is 17.5 Å². The van der Waals surface area contributed by atoms with Gasteiger partial charge in [-0.1, -0.05) is 24.3 Å². The molecule has 0 aliphatic carbocycles. The molecule has 12 heteroatoms. The highest BCUT2D eigenvalue weighted by molar-refractivity contribution is 7.90. The predicted octanol–water partition coefficient (Wildman–Crippen LogP) is 3.35. The molecule has 2 aliphatic heterocycles. The lowest BCUT2D eigenvalue weighted by molar-refractivity contribution is -0.258. The molecule has 4 rings (SSSR count). The molecule has 0 amide bonds. The van der Waals surface area contributed by atoms with Gasteiger partial charge in [-0.15, -0.1) is 12.6 Å². The molecule has 2 aliphatic rings. The average Bonchev–Trinajstić information content (AvgIpc) is 2.83. The summed E-state index contributed by atoms with van der Waals surface area (Å²) in [6, 6.07) is 12.0. The first-order chi connectivity index (χ1) is 17.3. The Hall–Kier alpha value is -1.83. The second-order valence-electron chi connectivity index (χ2n) is 9.74. The number of piperazine rings is 1. The number of halogens is 3. The molecule has 2 aromatic carbocycles. The Labute approximate surface area is 221 Å². The molecule has 3 atom stereocenters. The lowest BCUT2D eigenvalue weighted by Gasteiger charge is -2.45. The first kappa shape index (κ1) is 28.2. The Kier molecular flexibility index (Phi) is 8.18. The van der Waals surface area contributed by atoms with E-state index in [9.17, 15) is 26.7 Å². The lowest BCUT2D eigenvalue weighted by Crippen LogP contribution is -2.59. The van der Waals surface area contributed by atoms with Crippen LogP contribution >= 0.6 is 12.6 Å². The molecule has 0 radical (unpaired) electrons. The lowest BCUT2D eigenvalue weighted by atomic mass is 9.95. The van der Waals surface area contributed by atoms with Gasteiger partial charge in [0, 0.05) is 49.9 Å². The second kappa shape index (κ2) is 10.7. The summed E-state index contributed by atoms with van der Waals surface area (Å²) in [6.07, 6.45) is -4.77. The van der Waals surface area contributed by atoms with Crippen LogP contribution in [0.15, 0.2) is 58.3 Å². The summed E-state index contributed by atoms with van der Waals surface area (Å²) in [5, 5.41) is 10.0. The minimum Gasteiger partial charge on any atom is -0.376 e. The average molecular weight is 560 g/mol. The Balaban J connectivity index is 1.61.